The first-order valence-electron chi connectivity index (χ1n) is 9.63. The molecule has 148 valence electrons. The van der Waals surface area contributed by atoms with Crippen LogP contribution in [0.2, 0.25) is 5.28 Å². The van der Waals surface area contributed by atoms with Gasteiger partial charge >= 0.3 is 0 Å². The van der Waals surface area contributed by atoms with Crippen molar-refractivity contribution in [2.75, 3.05) is 58.4 Å². The molecule has 2 fully saturated rings. The highest BCUT2D eigenvalue weighted by Gasteiger charge is 2.24. The number of rotatable bonds is 4. The molecule has 0 atom stereocenters. The maximum atomic E-state index is 6.23. The fraction of sp³-hybridized carbons (Fsp3) is 0.722. The van der Waals surface area contributed by atoms with Gasteiger partial charge in [0.1, 0.15) is 5.82 Å². The summed E-state index contributed by atoms with van der Waals surface area (Å²) in [7, 11) is 6.35. The van der Waals surface area contributed by atoms with E-state index in [-0.39, 0.29) is 5.28 Å². The van der Waals surface area contributed by atoms with E-state index in [9.17, 15) is 0 Å². The molecule has 0 radical (unpaired) electrons. The molecule has 2 aliphatic rings. The van der Waals surface area contributed by atoms with Crippen molar-refractivity contribution >= 4 is 28.6 Å². The summed E-state index contributed by atoms with van der Waals surface area (Å²) in [5.74, 6) is 1.83. The Kier molecular flexibility index (Phi) is 5.50. The summed E-state index contributed by atoms with van der Waals surface area (Å²) >= 11 is 6.23. The van der Waals surface area contributed by atoms with Crippen LogP contribution in [-0.2, 0) is 18.3 Å². The van der Waals surface area contributed by atoms with Crippen molar-refractivity contribution in [1.82, 2.24) is 29.3 Å². The lowest BCUT2D eigenvalue weighted by Gasteiger charge is -2.34. The molecule has 2 aromatic rings. The number of imidazole rings is 1. The van der Waals surface area contributed by atoms with E-state index in [1.165, 1.54) is 12.8 Å². The van der Waals surface area contributed by atoms with Gasteiger partial charge in [0.15, 0.2) is 17.0 Å². The molecule has 0 spiro atoms. The van der Waals surface area contributed by atoms with Crippen LogP contribution in [0.3, 0.4) is 0 Å². The maximum absolute atomic E-state index is 6.23. The first-order valence-corrected chi connectivity index (χ1v) is 10.0. The lowest BCUT2D eigenvalue weighted by atomic mass is 10.0. The van der Waals surface area contributed by atoms with Crippen molar-refractivity contribution in [3.8, 4) is 0 Å². The number of ether oxygens (including phenoxy) is 1. The van der Waals surface area contributed by atoms with E-state index in [0.717, 1.165) is 55.5 Å². The third-order valence-electron chi connectivity index (χ3n) is 5.73. The Bertz CT molecular complexity index is 795. The van der Waals surface area contributed by atoms with Gasteiger partial charge in [-0.1, -0.05) is 0 Å². The molecule has 0 amide bonds. The monoisotopic (exact) mass is 393 g/mol. The summed E-state index contributed by atoms with van der Waals surface area (Å²) < 4.78 is 7.52. The number of aryl methyl sites for hydroxylation is 1. The molecule has 0 aliphatic carbocycles. The van der Waals surface area contributed by atoms with E-state index in [2.05, 4.69) is 43.3 Å². The van der Waals surface area contributed by atoms with Crippen molar-refractivity contribution in [2.24, 2.45) is 7.05 Å². The number of piperidine rings is 1. The molecule has 0 saturated carbocycles. The molecule has 9 heteroatoms. The molecule has 4 heterocycles. The fourth-order valence-electron chi connectivity index (χ4n) is 4.00. The van der Waals surface area contributed by atoms with E-state index in [0.29, 0.717) is 19.3 Å². The van der Waals surface area contributed by atoms with E-state index < -0.39 is 0 Å². The summed E-state index contributed by atoms with van der Waals surface area (Å²) in [5.41, 5.74) is 1.64. The predicted molar refractivity (Wildman–Crippen MR) is 106 cm³/mol. The van der Waals surface area contributed by atoms with E-state index in [4.69, 9.17) is 21.3 Å². The Morgan fingerprint density at radius 3 is 2.44 bits per heavy atom. The quantitative estimate of drug-likeness (QED) is 0.727. The number of morpholine rings is 1. The SMILES string of the molecule is CN(C)C1CCN(Cc2nc3c(N4CCOCC4)nc(Cl)nc3n2C)CC1. The molecule has 27 heavy (non-hydrogen) atoms. The van der Waals surface area contributed by atoms with Crippen LogP contribution in [0.1, 0.15) is 18.7 Å². The first kappa shape index (κ1) is 18.9. The van der Waals surface area contributed by atoms with Gasteiger partial charge in [-0.25, -0.2) is 4.98 Å². The summed E-state index contributed by atoms with van der Waals surface area (Å²) in [6.07, 6.45) is 2.39. The minimum atomic E-state index is 0.269. The minimum absolute atomic E-state index is 0.269. The highest BCUT2D eigenvalue weighted by Crippen LogP contribution is 2.27. The number of aromatic nitrogens is 4. The van der Waals surface area contributed by atoms with Gasteiger partial charge in [0.05, 0.1) is 19.8 Å². The largest absolute Gasteiger partial charge is 0.378 e. The van der Waals surface area contributed by atoms with Gasteiger partial charge in [-0.15, -0.1) is 0 Å². The second kappa shape index (κ2) is 7.87. The van der Waals surface area contributed by atoms with Crippen molar-refractivity contribution < 1.29 is 4.74 Å². The van der Waals surface area contributed by atoms with Crippen LogP contribution >= 0.6 is 11.6 Å². The average Bonchev–Trinajstić information content (AvgIpc) is 2.98. The van der Waals surface area contributed by atoms with Gasteiger partial charge in [0.25, 0.3) is 0 Å². The molecule has 8 nitrogen and oxygen atoms in total. The van der Waals surface area contributed by atoms with Crippen LogP contribution in [-0.4, -0.2) is 88.8 Å². The Hall–Kier alpha value is -1.48. The zero-order chi connectivity index (χ0) is 19.0. The molecular weight excluding hydrogens is 366 g/mol. The number of halogens is 1. The zero-order valence-electron chi connectivity index (χ0n) is 16.4. The van der Waals surface area contributed by atoms with Gasteiger partial charge < -0.3 is 19.1 Å². The van der Waals surface area contributed by atoms with E-state index in [1.54, 1.807) is 0 Å². The van der Waals surface area contributed by atoms with E-state index >= 15 is 0 Å². The zero-order valence-corrected chi connectivity index (χ0v) is 17.1. The van der Waals surface area contributed by atoms with Crippen molar-refractivity contribution in [1.29, 1.82) is 0 Å². The molecule has 2 aromatic heterocycles. The normalized spacial score (nSPS) is 20.1. The Morgan fingerprint density at radius 2 is 1.78 bits per heavy atom. The average molecular weight is 394 g/mol. The third kappa shape index (κ3) is 3.89. The number of fused-ring (bicyclic) bond motifs is 1. The lowest BCUT2D eigenvalue weighted by molar-refractivity contribution is 0.122. The second-order valence-corrected chi connectivity index (χ2v) is 7.98. The predicted octanol–water partition coefficient (Wildman–Crippen LogP) is 1.38. The Labute approximate surface area is 165 Å². The third-order valence-corrected chi connectivity index (χ3v) is 5.90. The number of anilines is 1. The first-order chi connectivity index (χ1) is 13.0. The Morgan fingerprint density at radius 1 is 1.07 bits per heavy atom. The van der Waals surface area contributed by atoms with Crippen molar-refractivity contribution in [2.45, 2.75) is 25.4 Å². The summed E-state index contributed by atoms with van der Waals surface area (Å²) in [6.45, 7) is 6.00. The molecule has 0 aromatic carbocycles. The number of nitrogens with zero attached hydrogens (tertiary/aromatic N) is 7. The Balaban J connectivity index is 1.58. The highest BCUT2D eigenvalue weighted by molar-refractivity contribution is 6.28. The molecule has 0 bridgehead atoms. The van der Waals surface area contributed by atoms with Crippen LogP contribution in [0.25, 0.3) is 11.2 Å². The number of likely N-dealkylation sites (tertiary alicyclic amines) is 1. The highest BCUT2D eigenvalue weighted by atomic mass is 35.5. The second-order valence-electron chi connectivity index (χ2n) is 7.65. The van der Waals surface area contributed by atoms with Crippen LogP contribution in [0.15, 0.2) is 0 Å². The number of hydrogen-bond donors (Lipinski definition) is 0. The van der Waals surface area contributed by atoms with Crippen LogP contribution in [0, 0.1) is 0 Å². The molecular formula is C18H28ClN7O. The molecule has 2 saturated heterocycles. The topological polar surface area (TPSA) is 62.6 Å². The minimum Gasteiger partial charge on any atom is -0.378 e. The maximum Gasteiger partial charge on any atom is 0.226 e. The van der Waals surface area contributed by atoms with Gasteiger partial charge in [-0.3, -0.25) is 4.90 Å². The summed E-state index contributed by atoms with van der Waals surface area (Å²) in [4.78, 5) is 20.9. The van der Waals surface area contributed by atoms with E-state index in [1.807, 2.05) is 7.05 Å². The van der Waals surface area contributed by atoms with Crippen molar-refractivity contribution in [3.63, 3.8) is 0 Å². The smallest absolute Gasteiger partial charge is 0.226 e. The fourth-order valence-corrected chi connectivity index (χ4v) is 4.16. The van der Waals surface area contributed by atoms with Crippen LogP contribution in [0.4, 0.5) is 5.82 Å². The lowest BCUT2D eigenvalue weighted by Crippen LogP contribution is -2.41. The van der Waals surface area contributed by atoms with Crippen LogP contribution in [0.5, 0.6) is 0 Å². The molecule has 0 unspecified atom stereocenters. The standard InChI is InChI=1S/C18H28ClN7O/c1-23(2)13-4-6-25(7-5-13)12-14-20-15-16(24(14)3)21-18(19)22-17(15)26-8-10-27-11-9-26/h13H,4-12H2,1-3H3. The summed E-state index contributed by atoms with van der Waals surface area (Å²) in [5, 5.41) is 0.269. The molecule has 2 aliphatic heterocycles. The van der Waals surface area contributed by atoms with Gasteiger partial charge in [0.2, 0.25) is 5.28 Å². The van der Waals surface area contributed by atoms with Gasteiger partial charge in [-0.05, 0) is 38.5 Å². The summed E-state index contributed by atoms with van der Waals surface area (Å²) in [6, 6.07) is 0.680. The number of hydrogen-bond acceptors (Lipinski definition) is 7. The van der Waals surface area contributed by atoms with Gasteiger partial charge in [-0.2, -0.15) is 9.97 Å². The van der Waals surface area contributed by atoms with Gasteiger partial charge in [0, 0.05) is 39.3 Å². The van der Waals surface area contributed by atoms with Crippen molar-refractivity contribution in [3.05, 3.63) is 11.1 Å². The van der Waals surface area contributed by atoms with Crippen LogP contribution < -0.4 is 4.90 Å². The molecule has 0 N–H and O–H groups in total. The molecule has 4 rings (SSSR count).